The van der Waals surface area contributed by atoms with E-state index in [1.54, 1.807) is 60.7 Å². The second kappa shape index (κ2) is 17.6. The van der Waals surface area contributed by atoms with Crippen molar-refractivity contribution < 1.29 is 34.2 Å². The minimum Gasteiger partial charge on any atom is -0.508 e. The van der Waals surface area contributed by atoms with E-state index < -0.39 is 47.9 Å². The standard InChI is InChI=1S/C39H40BrN5O7/c40-22-35(47)42-29-14-10-26(11-15-29)20-33(39(51)52)44-36(48)32(19-24-6-2-1-3-7-24)43-37(49)34-21-27-8-4-5-9-28(27)23-45(34)38(50)31(41)18-25-12-16-30(46)17-13-25/h1-17,31-34,46H,18-23,41H2,(H,42,47)(H,43,49)(H,44,48)(H,51,52)/t31-,32-,33?,34-/m0/s1. The van der Waals surface area contributed by atoms with Gasteiger partial charge in [0, 0.05) is 31.5 Å². The second-order valence-electron chi connectivity index (χ2n) is 12.7. The molecule has 1 aliphatic rings. The maximum absolute atomic E-state index is 14.2. The average Bonchev–Trinajstić information content (AvgIpc) is 3.15. The number of carbonyl (C=O) groups excluding carboxylic acids is 4. The SMILES string of the molecule is N[C@@H](Cc1ccc(O)cc1)C(=O)N1Cc2ccccc2C[C@H]1C(=O)N[C@@H](Cc1ccccc1)C(=O)NC(Cc1ccc(NC(=O)CBr)cc1)C(=O)O. The second-order valence-corrected chi connectivity index (χ2v) is 13.2. The Hall–Kier alpha value is -5.53. The van der Waals surface area contributed by atoms with Crippen LogP contribution < -0.4 is 21.7 Å². The van der Waals surface area contributed by atoms with Crippen LogP contribution in [0.25, 0.3) is 0 Å². The Morgan fingerprint density at radius 3 is 1.98 bits per heavy atom. The van der Waals surface area contributed by atoms with E-state index in [0.29, 0.717) is 11.3 Å². The number of carbonyl (C=O) groups is 5. The molecule has 0 aliphatic carbocycles. The zero-order chi connectivity index (χ0) is 37.2. The number of hydrogen-bond acceptors (Lipinski definition) is 7. The van der Waals surface area contributed by atoms with Crippen LogP contribution in [0.1, 0.15) is 27.8 Å². The first-order valence-electron chi connectivity index (χ1n) is 16.7. The molecule has 7 N–H and O–H groups in total. The molecule has 52 heavy (non-hydrogen) atoms. The van der Waals surface area contributed by atoms with Gasteiger partial charge in [0.1, 0.15) is 23.9 Å². The van der Waals surface area contributed by atoms with Crippen molar-refractivity contribution in [3.05, 3.63) is 131 Å². The van der Waals surface area contributed by atoms with Gasteiger partial charge >= 0.3 is 5.97 Å². The molecule has 1 unspecified atom stereocenters. The summed E-state index contributed by atoms with van der Waals surface area (Å²) >= 11 is 3.09. The number of nitrogens with one attached hydrogen (secondary N) is 3. The van der Waals surface area contributed by atoms with E-state index in [9.17, 15) is 34.2 Å². The van der Waals surface area contributed by atoms with E-state index in [-0.39, 0.29) is 49.2 Å². The number of aliphatic carboxylic acids is 1. The Morgan fingerprint density at radius 2 is 1.33 bits per heavy atom. The summed E-state index contributed by atoms with van der Waals surface area (Å²) < 4.78 is 0. The van der Waals surface area contributed by atoms with Gasteiger partial charge in [-0.1, -0.05) is 94.8 Å². The normalized spacial score (nSPS) is 15.3. The van der Waals surface area contributed by atoms with Crippen LogP contribution in [-0.2, 0) is 56.2 Å². The van der Waals surface area contributed by atoms with Crippen molar-refractivity contribution in [1.82, 2.24) is 15.5 Å². The number of anilines is 1. The number of halogens is 1. The van der Waals surface area contributed by atoms with Crippen LogP contribution in [0.3, 0.4) is 0 Å². The van der Waals surface area contributed by atoms with Gasteiger partial charge in [0.15, 0.2) is 0 Å². The number of benzene rings is 4. The molecule has 0 bridgehead atoms. The molecule has 5 rings (SSSR count). The van der Waals surface area contributed by atoms with Crippen molar-refractivity contribution in [1.29, 1.82) is 0 Å². The van der Waals surface area contributed by atoms with Crippen LogP contribution >= 0.6 is 15.9 Å². The summed E-state index contributed by atoms with van der Waals surface area (Å²) in [5.74, 6) is -3.15. The fourth-order valence-corrected chi connectivity index (χ4v) is 6.27. The molecular weight excluding hydrogens is 730 g/mol. The lowest BCUT2D eigenvalue weighted by Crippen LogP contribution is -2.60. The summed E-state index contributed by atoms with van der Waals surface area (Å²) in [5.41, 5.74) is 10.8. The van der Waals surface area contributed by atoms with Crippen molar-refractivity contribution in [2.45, 2.75) is 56.4 Å². The molecule has 1 aliphatic heterocycles. The largest absolute Gasteiger partial charge is 0.508 e. The Bertz CT molecular complexity index is 1890. The number of fused-ring (bicyclic) bond motifs is 1. The van der Waals surface area contributed by atoms with E-state index in [2.05, 4.69) is 31.9 Å². The number of rotatable bonds is 14. The van der Waals surface area contributed by atoms with Crippen molar-refractivity contribution in [3.63, 3.8) is 0 Å². The van der Waals surface area contributed by atoms with Gasteiger partial charge in [0.25, 0.3) is 0 Å². The highest BCUT2D eigenvalue weighted by molar-refractivity contribution is 9.09. The topological polar surface area (TPSA) is 191 Å². The molecule has 270 valence electrons. The molecule has 4 aromatic rings. The Kier molecular flexibility index (Phi) is 12.8. The van der Waals surface area contributed by atoms with E-state index in [1.807, 2.05) is 30.3 Å². The number of carboxylic acids is 1. The van der Waals surface area contributed by atoms with Crippen molar-refractivity contribution in [2.75, 3.05) is 10.6 Å². The first kappa shape index (κ1) is 37.7. The summed E-state index contributed by atoms with van der Waals surface area (Å²) in [4.78, 5) is 67.4. The van der Waals surface area contributed by atoms with Gasteiger partial charge < -0.3 is 36.8 Å². The van der Waals surface area contributed by atoms with Crippen LogP contribution in [0, 0.1) is 0 Å². The van der Waals surface area contributed by atoms with Crippen LogP contribution in [-0.4, -0.2) is 74.2 Å². The summed E-state index contributed by atoms with van der Waals surface area (Å²) in [7, 11) is 0. The number of alkyl halides is 1. The zero-order valence-corrected chi connectivity index (χ0v) is 29.8. The highest BCUT2D eigenvalue weighted by atomic mass is 79.9. The average molecular weight is 771 g/mol. The highest BCUT2D eigenvalue weighted by Gasteiger charge is 2.38. The minimum atomic E-state index is -1.33. The molecule has 4 aromatic carbocycles. The van der Waals surface area contributed by atoms with Crippen LogP contribution in [0.15, 0.2) is 103 Å². The molecule has 4 amide bonds. The summed E-state index contributed by atoms with van der Waals surface area (Å²) in [6.07, 6.45) is 0.364. The van der Waals surface area contributed by atoms with Gasteiger partial charge in [-0.15, -0.1) is 0 Å². The first-order chi connectivity index (χ1) is 25.0. The number of nitrogens with zero attached hydrogens (tertiary/aromatic N) is 1. The highest BCUT2D eigenvalue weighted by Crippen LogP contribution is 2.25. The lowest BCUT2D eigenvalue weighted by molar-refractivity contribution is -0.144. The monoisotopic (exact) mass is 769 g/mol. The number of nitrogens with two attached hydrogens (primary N) is 1. The summed E-state index contributed by atoms with van der Waals surface area (Å²) in [5, 5.41) is 28.0. The Morgan fingerprint density at radius 1 is 0.750 bits per heavy atom. The molecule has 0 radical (unpaired) electrons. The van der Waals surface area contributed by atoms with Crippen molar-refractivity contribution in [2.24, 2.45) is 5.73 Å². The molecular formula is C39H40BrN5O7. The number of aromatic hydroxyl groups is 1. The van der Waals surface area contributed by atoms with Gasteiger partial charge in [-0.3, -0.25) is 19.2 Å². The molecule has 4 atom stereocenters. The van der Waals surface area contributed by atoms with E-state index in [1.165, 1.54) is 17.0 Å². The van der Waals surface area contributed by atoms with E-state index in [0.717, 1.165) is 22.3 Å². The third kappa shape index (κ3) is 10.0. The zero-order valence-electron chi connectivity index (χ0n) is 28.2. The minimum absolute atomic E-state index is 0.0552. The van der Waals surface area contributed by atoms with Gasteiger partial charge in [0.05, 0.1) is 11.4 Å². The van der Waals surface area contributed by atoms with Gasteiger partial charge in [-0.05, 0) is 58.5 Å². The number of phenolic OH excluding ortho intramolecular Hbond substituents is 1. The van der Waals surface area contributed by atoms with Gasteiger partial charge in [-0.25, -0.2) is 4.79 Å². The molecule has 0 fully saturated rings. The third-order valence-corrected chi connectivity index (χ3v) is 9.38. The molecule has 0 saturated carbocycles. The predicted molar refractivity (Wildman–Crippen MR) is 198 cm³/mol. The summed E-state index contributed by atoms with van der Waals surface area (Å²) in [6.45, 7) is 0.131. The number of amides is 4. The Labute approximate surface area is 309 Å². The van der Waals surface area contributed by atoms with Crippen molar-refractivity contribution in [3.8, 4) is 5.75 Å². The third-order valence-electron chi connectivity index (χ3n) is 8.87. The van der Waals surface area contributed by atoms with Crippen molar-refractivity contribution >= 4 is 51.2 Å². The lowest BCUT2D eigenvalue weighted by Gasteiger charge is -2.38. The lowest BCUT2D eigenvalue weighted by atomic mass is 9.92. The molecule has 0 saturated heterocycles. The smallest absolute Gasteiger partial charge is 0.326 e. The van der Waals surface area contributed by atoms with Gasteiger partial charge in [-0.2, -0.15) is 0 Å². The van der Waals surface area contributed by atoms with Crippen LogP contribution in [0.5, 0.6) is 5.75 Å². The maximum Gasteiger partial charge on any atom is 0.326 e. The predicted octanol–water partition coefficient (Wildman–Crippen LogP) is 3.09. The van der Waals surface area contributed by atoms with E-state index >= 15 is 0 Å². The first-order valence-corrected chi connectivity index (χ1v) is 17.9. The molecule has 0 spiro atoms. The fraction of sp³-hybridized carbons (Fsp3) is 0.256. The number of carboxylic acid groups (broad SMARTS) is 1. The summed E-state index contributed by atoms with van der Waals surface area (Å²) in [6, 6.07) is 25.0. The quantitative estimate of drug-likeness (QED) is 0.106. The number of hydrogen-bond donors (Lipinski definition) is 6. The molecule has 13 heteroatoms. The maximum atomic E-state index is 14.2. The van der Waals surface area contributed by atoms with Crippen LogP contribution in [0.4, 0.5) is 5.69 Å². The molecule has 0 aromatic heterocycles. The Balaban J connectivity index is 1.35. The van der Waals surface area contributed by atoms with Crippen LogP contribution in [0.2, 0.25) is 0 Å². The fourth-order valence-electron chi connectivity index (χ4n) is 6.13. The van der Waals surface area contributed by atoms with Gasteiger partial charge in [0.2, 0.25) is 23.6 Å². The number of phenols is 1. The molecule has 12 nitrogen and oxygen atoms in total. The van der Waals surface area contributed by atoms with E-state index in [4.69, 9.17) is 5.73 Å². The molecule has 1 heterocycles.